The van der Waals surface area contributed by atoms with E-state index >= 15 is 0 Å². The monoisotopic (exact) mass is 609 g/mol. The van der Waals surface area contributed by atoms with E-state index in [0.29, 0.717) is 5.02 Å². The number of amides is 1. The lowest BCUT2D eigenvalue weighted by molar-refractivity contribution is -0.659. The molecule has 0 bridgehead atoms. The summed E-state index contributed by atoms with van der Waals surface area (Å²) in [5.74, 6) is -0.397. The highest BCUT2D eigenvalue weighted by atomic mass is 35.5. The van der Waals surface area contributed by atoms with E-state index in [1.54, 1.807) is 41.5 Å². The molecule has 3 aromatic heterocycles. The molecule has 4 heterocycles. The number of carboxylic acid groups (broad SMARTS) is 1. The SMILES string of the molecule is O=C(O)c1ccc(-c2cnn(C(C[C@H]3C[C@@H]3C(=O)N3CCCC3)c3ccc(-c4cc(Cl)ccc4-[n+]4cnn[nH]4)cn3)c2)cc1. The Bertz CT molecular complexity index is 1800. The molecule has 44 heavy (non-hydrogen) atoms. The molecule has 1 aliphatic heterocycles. The lowest BCUT2D eigenvalue weighted by Crippen LogP contribution is -2.32. The Labute approximate surface area is 258 Å². The second-order valence-corrected chi connectivity index (χ2v) is 11.8. The molecule has 1 saturated carbocycles. The minimum atomic E-state index is -0.964. The van der Waals surface area contributed by atoms with Gasteiger partial charge >= 0.3 is 5.97 Å². The summed E-state index contributed by atoms with van der Waals surface area (Å²) < 4.78 is 3.62. The number of rotatable bonds is 9. The number of aromatic nitrogens is 7. The van der Waals surface area contributed by atoms with Crippen LogP contribution in [0.3, 0.4) is 0 Å². The van der Waals surface area contributed by atoms with E-state index in [9.17, 15) is 14.7 Å². The number of carbonyl (C=O) groups excluding carboxylic acids is 1. The summed E-state index contributed by atoms with van der Waals surface area (Å²) in [4.78, 5) is 31.3. The van der Waals surface area contributed by atoms with Gasteiger partial charge in [-0.2, -0.15) is 5.10 Å². The molecule has 0 radical (unpaired) electrons. The molecule has 11 nitrogen and oxygen atoms in total. The Hall–Kier alpha value is -4.90. The van der Waals surface area contributed by atoms with Crippen LogP contribution in [-0.2, 0) is 4.79 Å². The molecule has 1 unspecified atom stereocenters. The molecule has 2 aromatic carbocycles. The first kappa shape index (κ1) is 27.9. The van der Waals surface area contributed by atoms with Crippen molar-refractivity contribution in [2.75, 3.05) is 13.1 Å². The molecule has 0 spiro atoms. The molecular formula is C32H30ClN8O3+. The van der Waals surface area contributed by atoms with Gasteiger partial charge in [0, 0.05) is 53.1 Å². The van der Waals surface area contributed by atoms with Crippen molar-refractivity contribution in [1.82, 2.24) is 35.2 Å². The van der Waals surface area contributed by atoms with E-state index in [-0.39, 0.29) is 29.3 Å². The van der Waals surface area contributed by atoms with Crippen LogP contribution in [0.5, 0.6) is 0 Å². The van der Waals surface area contributed by atoms with Gasteiger partial charge in [-0.05, 0) is 73.6 Å². The fourth-order valence-corrected chi connectivity index (χ4v) is 6.27. The van der Waals surface area contributed by atoms with Gasteiger partial charge in [-0.3, -0.25) is 14.5 Å². The topological polar surface area (TPSA) is 134 Å². The first-order valence-corrected chi connectivity index (χ1v) is 15.0. The Morgan fingerprint density at radius 2 is 1.82 bits per heavy atom. The van der Waals surface area contributed by atoms with Crippen molar-refractivity contribution in [1.29, 1.82) is 0 Å². The molecule has 2 fully saturated rings. The van der Waals surface area contributed by atoms with Crippen molar-refractivity contribution in [2.24, 2.45) is 11.8 Å². The molecule has 222 valence electrons. The van der Waals surface area contributed by atoms with Gasteiger partial charge < -0.3 is 10.0 Å². The summed E-state index contributed by atoms with van der Waals surface area (Å²) in [5, 5.41) is 25.1. The molecule has 1 aliphatic carbocycles. The standard InChI is InChI=1S/C32H29ClN8O3/c33-25-8-10-29(41-19-35-37-38-41)26(15-25)22-7-9-28(34-16-22)30(14-23-13-27(23)31(42)39-11-1-2-12-39)40-18-24(17-36-40)20-3-5-21(6-4-20)32(43)44/h3-10,15-19,23,27,30H,1-2,11-14H2,(H,43,44)/p+1/t23-,27+,30?/m1/s1. The molecule has 2 aliphatic rings. The van der Waals surface area contributed by atoms with Gasteiger partial charge in [0.25, 0.3) is 6.33 Å². The zero-order chi connectivity index (χ0) is 30.2. The van der Waals surface area contributed by atoms with E-state index in [1.807, 2.05) is 52.3 Å². The number of aromatic amines is 1. The van der Waals surface area contributed by atoms with Gasteiger partial charge in [0.2, 0.25) is 5.91 Å². The number of carboxylic acids is 1. The number of benzene rings is 2. The molecule has 1 amide bonds. The number of hydrogen-bond acceptors (Lipinski definition) is 6. The van der Waals surface area contributed by atoms with E-state index in [1.165, 1.54) is 0 Å². The Morgan fingerprint density at radius 3 is 2.52 bits per heavy atom. The van der Waals surface area contributed by atoms with E-state index in [0.717, 1.165) is 72.4 Å². The van der Waals surface area contributed by atoms with Crippen LogP contribution >= 0.6 is 11.6 Å². The van der Waals surface area contributed by atoms with Crippen molar-refractivity contribution < 1.29 is 19.4 Å². The van der Waals surface area contributed by atoms with Crippen molar-refractivity contribution in [2.45, 2.75) is 31.7 Å². The Morgan fingerprint density at radius 1 is 1.02 bits per heavy atom. The average molecular weight is 610 g/mol. The van der Waals surface area contributed by atoms with E-state index in [4.69, 9.17) is 21.7 Å². The maximum Gasteiger partial charge on any atom is 0.335 e. The number of carbonyl (C=O) groups is 2. The number of likely N-dealkylation sites (tertiary alicyclic amines) is 1. The third kappa shape index (κ3) is 5.58. The zero-order valence-corrected chi connectivity index (χ0v) is 24.5. The highest BCUT2D eigenvalue weighted by Gasteiger charge is 2.46. The number of tetrazole rings is 1. The highest BCUT2D eigenvalue weighted by molar-refractivity contribution is 6.31. The molecule has 2 N–H and O–H groups in total. The first-order chi connectivity index (χ1) is 21.4. The van der Waals surface area contributed by atoms with Gasteiger partial charge in [0.1, 0.15) is 10.8 Å². The summed E-state index contributed by atoms with van der Waals surface area (Å²) in [6.07, 6.45) is 10.9. The minimum Gasteiger partial charge on any atom is -0.478 e. The molecule has 5 aromatic rings. The quantitative estimate of drug-likeness (QED) is 0.233. The molecule has 3 atom stereocenters. The average Bonchev–Trinajstić information content (AvgIpc) is 3.53. The summed E-state index contributed by atoms with van der Waals surface area (Å²) in [7, 11) is 0. The van der Waals surface area contributed by atoms with Crippen LogP contribution in [0, 0.1) is 11.8 Å². The van der Waals surface area contributed by atoms with Crippen LogP contribution in [0.4, 0.5) is 0 Å². The summed E-state index contributed by atoms with van der Waals surface area (Å²) in [6, 6.07) is 16.2. The highest BCUT2D eigenvalue weighted by Crippen LogP contribution is 2.47. The lowest BCUT2D eigenvalue weighted by atomic mass is 10.0. The largest absolute Gasteiger partial charge is 0.478 e. The van der Waals surface area contributed by atoms with Crippen LogP contribution in [-0.4, -0.2) is 65.3 Å². The van der Waals surface area contributed by atoms with E-state index in [2.05, 4.69) is 15.5 Å². The van der Waals surface area contributed by atoms with Gasteiger partial charge in [-0.1, -0.05) is 35.0 Å². The number of nitrogens with zero attached hydrogens (tertiary/aromatic N) is 7. The van der Waals surface area contributed by atoms with Gasteiger partial charge in [0.05, 0.1) is 23.5 Å². The van der Waals surface area contributed by atoms with Gasteiger partial charge in [0.15, 0.2) is 5.21 Å². The second-order valence-electron chi connectivity index (χ2n) is 11.4. The van der Waals surface area contributed by atoms with Crippen molar-refractivity contribution in [3.05, 3.63) is 95.8 Å². The molecule has 12 heteroatoms. The number of nitrogens with one attached hydrogen (secondary N) is 1. The predicted octanol–water partition coefficient (Wildman–Crippen LogP) is 4.60. The molecular weight excluding hydrogens is 580 g/mol. The second kappa shape index (κ2) is 11.6. The Kier molecular flexibility index (Phi) is 7.39. The maximum atomic E-state index is 13.1. The smallest absolute Gasteiger partial charge is 0.335 e. The number of H-pyrrole nitrogens is 1. The van der Waals surface area contributed by atoms with Gasteiger partial charge in [-0.15, -0.1) is 4.68 Å². The Balaban J connectivity index is 1.19. The number of aromatic carboxylic acids is 1. The lowest BCUT2D eigenvalue weighted by Gasteiger charge is -2.19. The van der Waals surface area contributed by atoms with Crippen molar-refractivity contribution in [3.8, 4) is 27.9 Å². The molecule has 7 rings (SSSR count). The fourth-order valence-electron chi connectivity index (χ4n) is 6.10. The molecule has 1 saturated heterocycles. The number of halogens is 1. The zero-order valence-electron chi connectivity index (χ0n) is 23.8. The van der Waals surface area contributed by atoms with Crippen molar-refractivity contribution >= 4 is 23.5 Å². The number of pyridine rings is 1. The fraction of sp³-hybridized carbons (Fsp3) is 0.281. The van der Waals surface area contributed by atoms with Crippen LogP contribution in [0.2, 0.25) is 5.02 Å². The van der Waals surface area contributed by atoms with Crippen LogP contribution in [0.15, 0.2) is 79.5 Å². The maximum absolute atomic E-state index is 13.1. The normalized spacial score (nSPS) is 18.3. The number of hydrogen-bond donors (Lipinski definition) is 2. The van der Waals surface area contributed by atoms with Crippen LogP contribution in [0.1, 0.15) is 47.8 Å². The predicted molar refractivity (Wildman–Crippen MR) is 161 cm³/mol. The first-order valence-electron chi connectivity index (χ1n) is 14.7. The van der Waals surface area contributed by atoms with Crippen molar-refractivity contribution in [3.63, 3.8) is 0 Å². The van der Waals surface area contributed by atoms with Crippen LogP contribution < -0.4 is 4.68 Å². The third-order valence-corrected chi connectivity index (χ3v) is 8.84. The minimum absolute atomic E-state index is 0.0440. The summed E-state index contributed by atoms with van der Waals surface area (Å²) in [5.41, 5.74) is 5.39. The van der Waals surface area contributed by atoms with Gasteiger partial charge in [-0.25, -0.2) is 4.79 Å². The summed E-state index contributed by atoms with van der Waals surface area (Å²) >= 11 is 6.37. The third-order valence-electron chi connectivity index (χ3n) is 8.60. The van der Waals surface area contributed by atoms with Crippen LogP contribution in [0.25, 0.3) is 27.9 Å². The summed E-state index contributed by atoms with van der Waals surface area (Å²) in [6.45, 7) is 1.71. The van der Waals surface area contributed by atoms with E-state index < -0.39 is 5.97 Å².